The van der Waals surface area contributed by atoms with E-state index < -0.39 is 0 Å². The number of piperidine rings is 1. The fourth-order valence-corrected chi connectivity index (χ4v) is 4.26. The number of carbonyl (C=O) groups excluding carboxylic acids is 1. The molecular formula is C18H23BrN4OS. The van der Waals surface area contributed by atoms with Crippen LogP contribution in [-0.2, 0) is 4.79 Å². The first kappa shape index (κ1) is 18.3. The van der Waals surface area contributed by atoms with Gasteiger partial charge in [0.1, 0.15) is 5.69 Å². The standard InChI is InChI=1S/C18H23BrN4OS/c1-3-12(2)20-18(24)13-8-10-23(11-9-13)17-7-4-14(21-22-17)15-5-6-16(19)25-15/h4-7,12-13H,3,8-11H2,1-2H3,(H,20,24)/t12-/m0/s1. The van der Waals surface area contributed by atoms with Crippen molar-refractivity contribution in [1.29, 1.82) is 0 Å². The molecule has 1 atom stereocenters. The normalized spacial score (nSPS) is 16.7. The first-order valence-corrected chi connectivity index (χ1v) is 10.3. The summed E-state index contributed by atoms with van der Waals surface area (Å²) in [7, 11) is 0. The fraction of sp³-hybridized carbons (Fsp3) is 0.500. The molecule has 0 spiro atoms. The number of halogens is 1. The number of nitrogens with zero attached hydrogens (tertiary/aromatic N) is 3. The number of amides is 1. The van der Waals surface area contributed by atoms with Gasteiger partial charge < -0.3 is 10.2 Å². The molecule has 0 saturated carbocycles. The lowest BCUT2D eigenvalue weighted by Gasteiger charge is -2.32. The van der Waals surface area contributed by atoms with Crippen molar-refractivity contribution in [3.05, 3.63) is 28.1 Å². The van der Waals surface area contributed by atoms with Gasteiger partial charge in [-0.1, -0.05) is 6.92 Å². The average Bonchev–Trinajstić information content (AvgIpc) is 3.08. The van der Waals surface area contributed by atoms with E-state index in [1.165, 1.54) is 0 Å². The van der Waals surface area contributed by atoms with Crippen LogP contribution in [0.3, 0.4) is 0 Å². The zero-order valence-corrected chi connectivity index (χ0v) is 16.9. The molecule has 134 valence electrons. The van der Waals surface area contributed by atoms with Crippen molar-refractivity contribution in [3.63, 3.8) is 0 Å². The fourth-order valence-electron chi connectivity index (χ4n) is 2.91. The molecule has 7 heteroatoms. The lowest BCUT2D eigenvalue weighted by Crippen LogP contribution is -2.43. The molecule has 25 heavy (non-hydrogen) atoms. The molecule has 0 radical (unpaired) electrons. The summed E-state index contributed by atoms with van der Waals surface area (Å²) in [5.74, 6) is 1.19. The zero-order valence-electron chi connectivity index (χ0n) is 14.5. The SMILES string of the molecule is CC[C@H](C)NC(=O)C1CCN(c2ccc(-c3ccc(Br)s3)nn2)CC1. The van der Waals surface area contributed by atoms with E-state index in [1.54, 1.807) is 11.3 Å². The van der Waals surface area contributed by atoms with Crippen LogP contribution in [0.15, 0.2) is 28.1 Å². The molecule has 1 saturated heterocycles. The summed E-state index contributed by atoms with van der Waals surface area (Å²) in [6, 6.07) is 8.35. The van der Waals surface area contributed by atoms with Crippen molar-refractivity contribution in [2.24, 2.45) is 5.92 Å². The summed E-state index contributed by atoms with van der Waals surface area (Å²) < 4.78 is 1.09. The van der Waals surface area contributed by atoms with E-state index in [9.17, 15) is 4.79 Å². The maximum Gasteiger partial charge on any atom is 0.223 e. The van der Waals surface area contributed by atoms with Gasteiger partial charge in [0.2, 0.25) is 5.91 Å². The molecule has 1 aliphatic heterocycles. The van der Waals surface area contributed by atoms with Gasteiger partial charge in [0.25, 0.3) is 0 Å². The van der Waals surface area contributed by atoms with Crippen LogP contribution in [0.25, 0.3) is 10.6 Å². The molecule has 2 aromatic heterocycles. The first-order valence-electron chi connectivity index (χ1n) is 8.71. The number of rotatable bonds is 5. The minimum Gasteiger partial charge on any atom is -0.355 e. The Hall–Kier alpha value is -1.47. The molecule has 5 nitrogen and oxygen atoms in total. The maximum absolute atomic E-state index is 12.3. The van der Waals surface area contributed by atoms with E-state index in [-0.39, 0.29) is 17.9 Å². The van der Waals surface area contributed by atoms with Gasteiger partial charge in [-0.3, -0.25) is 4.79 Å². The Morgan fingerprint density at radius 1 is 1.32 bits per heavy atom. The third-order valence-corrected chi connectivity index (χ3v) is 6.31. The van der Waals surface area contributed by atoms with Crippen LogP contribution < -0.4 is 10.2 Å². The highest BCUT2D eigenvalue weighted by atomic mass is 79.9. The molecule has 0 bridgehead atoms. The number of hydrogen-bond donors (Lipinski definition) is 1. The van der Waals surface area contributed by atoms with Crippen LogP contribution in [0.4, 0.5) is 5.82 Å². The zero-order chi connectivity index (χ0) is 17.8. The minimum absolute atomic E-state index is 0.112. The molecule has 1 fully saturated rings. The second-order valence-electron chi connectivity index (χ2n) is 6.46. The van der Waals surface area contributed by atoms with Crippen LogP contribution >= 0.6 is 27.3 Å². The molecule has 0 aliphatic carbocycles. The van der Waals surface area contributed by atoms with Gasteiger partial charge in [-0.05, 0) is 66.4 Å². The predicted molar refractivity (Wildman–Crippen MR) is 106 cm³/mol. The van der Waals surface area contributed by atoms with Crippen molar-refractivity contribution in [2.45, 2.75) is 39.2 Å². The Morgan fingerprint density at radius 2 is 2.08 bits per heavy atom. The average molecular weight is 423 g/mol. The molecule has 1 amide bonds. The third-order valence-electron chi connectivity index (χ3n) is 4.67. The maximum atomic E-state index is 12.3. The van der Waals surface area contributed by atoms with Gasteiger partial charge in [0, 0.05) is 25.0 Å². The van der Waals surface area contributed by atoms with Crippen LogP contribution in [0.2, 0.25) is 0 Å². The summed E-state index contributed by atoms with van der Waals surface area (Å²) in [6.07, 6.45) is 2.69. The summed E-state index contributed by atoms with van der Waals surface area (Å²) in [6.45, 7) is 5.83. The Bertz CT molecular complexity index is 710. The number of nitrogens with one attached hydrogen (secondary N) is 1. The van der Waals surface area contributed by atoms with Crippen LogP contribution in [-0.4, -0.2) is 35.2 Å². The first-order chi connectivity index (χ1) is 12.1. The summed E-state index contributed by atoms with van der Waals surface area (Å²) in [5.41, 5.74) is 0.891. The summed E-state index contributed by atoms with van der Waals surface area (Å²) >= 11 is 5.12. The van der Waals surface area contributed by atoms with Gasteiger partial charge in [-0.15, -0.1) is 21.5 Å². The largest absolute Gasteiger partial charge is 0.355 e. The topological polar surface area (TPSA) is 58.1 Å². The molecule has 3 rings (SSSR count). The van der Waals surface area contributed by atoms with E-state index in [0.29, 0.717) is 0 Å². The lowest BCUT2D eigenvalue weighted by atomic mass is 9.95. The second kappa shape index (κ2) is 8.27. The molecule has 3 heterocycles. The third kappa shape index (κ3) is 4.58. The predicted octanol–water partition coefficient (Wildman–Crippen LogP) is 4.10. The highest BCUT2D eigenvalue weighted by molar-refractivity contribution is 9.11. The summed E-state index contributed by atoms with van der Waals surface area (Å²) in [4.78, 5) is 15.6. The second-order valence-corrected chi connectivity index (χ2v) is 8.92. The number of thiophene rings is 1. The van der Waals surface area contributed by atoms with Gasteiger partial charge >= 0.3 is 0 Å². The molecular weight excluding hydrogens is 400 g/mol. The molecule has 0 unspecified atom stereocenters. The van der Waals surface area contributed by atoms with Gasteiger partial charge in [-0.25, -0.2) is 0 Å². The Labute approximate surface area is 161 Å². The molecule has 1 N–H and O–H groups in total. The molecule has 2 aromatic rings. The van der Waals surface area contributed by atoms with E-state index in [4.69, 9.17) is 0 Å². The van der Waals surface area contributed by atoms with E-state index in [0.717, 1.165) is 52.5 Å². The van der Waals surface area contributed by atoms with Gasteiger partial charge in [0.15, 0.2) is 5.82 Å². The van der Waals surface area contributed by atoms with Crippen molar-refractivity contribution in [2.75, 3.05) is 18.0 Å². The number of aromatic nitrogens is 2. The number of anilines is 1. The Morgan fingerprint density at radius 3 is 2.64 bits per heavy atom. The molecule has 1 aliphatic rings. The van der Waals surface area contributed by atoms with Crippen LogP contribution in [0.1, 0.15) is 33.1 Å². The lowest BCUT2D eigenvalue weighted by molar-refractivity contribution is -0.126. The van der Waals surface area contributed by atoms with Crippen molar-refractivity contribution in [1.82, 2.24) is 15.5 Å². The highest BCUT2D eigenvalue weighted by Gasteiger charge is 2.26. The number of hydrogen-bond acceptors (Lipinski definition) is 5. The van der Waals surface area contributed by atoms with Crippen LogP contribution in [0.5, 0.6) is 0 Å². The van der Waals surface area contributed by atoms with E-state index in [1.807, 2.05) is 24.3 Å². The highest BCUT2D eigenvalue weighted by Crippen LogP contribution is 2.30. The summed E-state index contributed by atoms with van der Waals surface area (Å²) in [5, 5.41) is 11.8. The smallest absolute Gasteiger partial charge is 0.223 e. The quantitative estimate of drug-likeness (QED) is 0.787. The van der Waals surface area contributed by atoms with Crippen molar-refractivity contribution in [3.8, 4) is 10.6 Å². The van der Waals surface area contributed by atoms with Crippen molar-refractivity contribution >= 4 is 39.0 Å². The van der Waals surface area contributed by atoms with E-state index in [2.05, 4.69) is 50.2 Å². The van der Waals surface area contributed by atoms with Crippen LogP contribution in [0, 0.1) is 5.92 Å². The van der Waals surface area contributed by atoms with Gasteiger partial charge in [0.05, 0.1) is 8.66 Å². The van der Waals surface area contributed by atoms with E-state index >= 15 is 0 Å². The van der Waals surface area contributed by atoms with Gasteiger partial charge in [-0.2, -0.15) is 0 Å². The van der Waals surface area contributed by atoms with Crippen molar-refractivity contribution < 1.29 is 4.79 Å². The Balaban J connectivity index is 1.57. The monoisotopic (exact) mass is 422 g/mol. The minimum atomic E-state index is 0.112. The molecule has 0 aromatic carbocycles. The number of carbonyl (C=O) groups is 1. The Kier molecular flexibility index (Phi) is 6.06.